The first kappa shape index (κ1) is 10.6. The van der Waals surface area contributed by atoms with Gasteiger partial charge in [0.15, 0.2) is 0 Å². The first-order chi connectivity index (χ1) is 8.84. The molecular weight excluding hydrogens is 224 g/mol. The van der Waals surface area contributed by atoms with Crippen LogP contribution in [0.5, 0.6) is 5.75 Å². The van der Waals surface area contributed by atoms with Crippen molar-refractivity contribution in [2.45, 2.75) is 0 Å². The van der Waals surface area contributed by atoms with E-state index in [1.807, 2.05) is 42.5 Å². The Morgan fingerprint density at radius 3 is 2.50 bits per heavy atom. The van der Waals surface area contributed by atoms with Crippen LogP contribution in [-0.2, 0) is 0 Å². The van der Waals surface area contributed by atoms with Gasteiger partial charge in [-0.2, -0.15) is 0 Å². The van der Waals surface area contributed by atoms with Crippen LogP contribution in [0, 0.1) is 0 Å². The fraction of sp³-hybridized carbons (Fsp3) is 0. The van der Waals surface area contributed by atoms with E-state index in [4.69, 9.17) is 0 Å². The number of nitrogens with one attached hydrogen (secondary N) is 1. The number of hydrogen-bond donors (Lipinski definition) is 2. The van der Waals surface area contributed by atoms with Gasteiger partial charge in [0.2, 0.25) is 0 Å². The standard InChI is InChI=1S/C15H12N2O/c18-14-9-2-1-7-12(14)17-13-8-3-5-11-6-4-10-16-15(11)13/h1-10,17-18H. The first-order valence-corrected chi connectivity index (χ1v) is 5.73. The summed E-state index contributed by atoms with van der Waals surface area (Å²) in [6.45, 7) is 0. The Labute approximate surface area is 105 Å². The number of aromatic nitrogens is 1. The minimum Gasteiger partial charge on any atom is -0.506 e. The molecule has 2 N–H and O–H groups in total. The predicted molar refractivity (Wildman–Crippen MR) is 73.1 cm³/mol. The maximum Gasteiger partial charge on any atom is 0.139 e. The van der Waals surface area contributed by atoms with Gasteiger partial charge in [0, 0.05) is 11.6 Å². The lowest BCUT2D eigenvalue weighted by atomic mass is 10.2. The van der Waals surface area contributed by atoms with Gasteiger partial charge >= 0.3 is 0 Å². The van der Waals surface area contributed by atoms with E-state index >= 15 is 0 Å². The Morgan fingerprint density at radius 1 is 0.833 bits per heavy atom. The summed E-state index contributed by atoms with van der Waals surface area (Å²) in [6, 6.07) is 17.0. The van der Waals surface area contributed by atoms with E-state index in [9.17, 15) is 5.11 Å². The van der Waals surface area contributed by atoms with Crippen LogP contribution in [0.2, 0.25) is 0 Å². The van der Waals surface area contributed by atoms with Crippen molar-refractivity contribution in [3.8, 4) is 5.75 Å². The molecule has 0 aliphatic heterocycles. The fourth-order valence-corrected chi connectivity index (χ4v) is 1.93. The summed E-state index contributed by atoms with van der Waals surface area (Å²) in [6.07, 6.45) is 1.76. The zero-order valence-corrected chi connectivity index (χ0v) is 9.67. The maximum absolute atomic E-state index is 9.76. The van der Waals surface area contributed by atoms with Crippen LogP contribution in [0.1, 0.15) is 0 Å². The molecule has 3 nitrogen and oxygen atoms in total. The highest BCUT2D eigenvalue weighted by Gasteiger charge is 2.04. The van der Waals surface area contributed by atoms with Gasteiger partial charge < -0.3 is 10.4 Å². The minimum atomic E-state index is 0.227. The number of phenols is 1. The van der Waals surface area contributed by atoms with Crippen LogP contribution in [-0.4, -0.2) is 10.1 Å². The lowest BCUT2D eigenvalue weighted by Gasteiger charge is -2.10. The predicted octanol–water partition coefficient (Wildman–Crippen LogP) is 3.68. The molecule has 3 aromatic rings. The van der Waals surface area contributed by atoms with Crippen molar-refractivity contribution in [2.24, 2.45) is 0 Å². The minimum absolute atomic E-state index is 0.227. The third kappa shape index (κ3) is 1.86. The Hall–Kier alpha value is -2.55. The van der Waals surface area contributed by atoms with Crippen molar-refractivity contribution in [3.63, 3.8) is 0 Å². The van der Waals surface area contributed by atoms with E-state index in [1.165, 1.54) is 0 Å². The molecule has 0 atom stereocenters. The molecule has 0 bridgehead atoms. The Balaban J connectivity index is 2.08. The Kier molecular flexibility index (Phi) is 2.57. The Morgan fingerprint density at radius 2 is 1.61 bits per heavy atom. The van der Waals surface area contributed by atoms with Gasteiger partial charge in [-0.1, -0.05) is 30.3 Å². The molecule has 0 fully saturated rings. The molecule has 0 saturated heterocycles. The first-order valence-electron chi connectivity index (χ1n) is 5.73. The fourth-order valence-electron chi connectivity index (χ4n) is 1.93. The summed E-state index contributed by atoms with van der Waals surface area (Å²) in [4.78, 5) is 4.36. The molecule has 0 amide bonds. The van der Waals surface area contributed by atoms with E-state index in [2.05, 4.69) is 10.3 Å². The zero-order valence-electron chi connectivity index (χ0n) is 9.67. The molecule has 0 saturated carbocycles. The van der Waals surface area contributed by atoms with Crippen molar-refractivity contribution in [1.82, 2.24) is 4.98 Å². The highest BCUT2D eigenvalue weighted by Crippen LogP contribution is 2.29. The smallest absolute Gasteiger partial charge is 0.139 e. The van der Waals surface area contributed by atoms with Gasteiger partial charge in [0.05, 0.1) is 16.9 Å². The topological polar surface area (TPSA) is 45.1 Å². The second-order valence-corrected chi connectivity index (χ2v) is 4.02. The number of phenolic OH excluding ortho intramolecular Hbond substituents is 1. The molecule has 18 heavy (non-hydrogen) atoms. The van der Waals surface area contributed by atoms with E-state index in [0.29, 0.717) is 5.69 Å². The van der Waals surface area contributed by atoms with Crippen LogP contribution in [0.4, 0.5) is 11.4 Å². The zero-order chi connectivity index (χ0) is 12.4. The number of fused-ring (bicyclic) bond motifs is 1. The third-order valence-corrected chi connectivity index (χ3v) is 2.81. The summed E-state index contributed by atoms with van der Waals surface area (Å²) in [5.41, 5.74) is 2.45. The number of hydrogen-bond acceptors (Lipinski definition) is 3. The number of aromatic hydroxyl groups is 1. The second-order valence-electron chi connectivity index (χ2n) is 4.02. The summed E-state index contributed by atoms with van der Waals surface area (Å²) < 4.78 is 0. The molecule has 2 aromatic carbocycles. The number of nitrogens with zero attached hydrogens (tertiary/aromatic N) is 1. The summed E-state index contributed by atoms with van der Waals surface area (Å²) >= 11 is 0. The molecule has 88 valence electrons. The Bertz CT molecular complexity index is 689. The van der Waals surface area contributed by atoms with E-state index < -0.39 is 0 Å². The summed E-state index contributed by atoms with van der Waals surface area (Å²) in [5, 5.41) is 14.0. The molecule has 1 heterocycles. The van der Waals surface area contributed by atoms with Gasteiger partial charge in [0.25, 0.3) is 0 Å². The van der Waals surface area contributed by atoms with Crippen LogP contribution in [0.25, 0.3) is 10.9 Å². The van der Waals surface area contributed by atoms with Crippen molar-refractivity contribution in [3.05, 3.63) is 60.8 Å². The third-order valence-electron chi connectivity index (χ3n) is 2.81. The van der Waals surface area contributed by atoms with Gasteiger partial charge in [-0.15, -0.1) is 0 Å². The average molecular weight is 236 g/mol. The summed E-state index contributed by atoms with van der Waals surface area (Å²) in [5.74, 6) is 0.227. The largest absolute Gasteiger partial charge is 0.506 e. The highest BCUT2D eigenvalue weighted by atomic mass is 16.3. The van der Waals surface area contributed by atoms with Crippen molar-refractivity contribution < 1.29 is 5.11 Å². The lowest BCUT2D eigenvalue weighted by Crippen LogP contribution is -1.92. The van der Waals surface area contributed by atoms with Gasteiger partial charge in [-0.25, -0.2) is 0 Å². The molecule has 0 aliphatic rings. The molecule has 3 heteroatoms. The van der Waals surface area contributed by atoms with Crippen LogP contribution in [0.15, 0.2) is 60.8 Å². The van der Waals surface area contributed by atoms with Gasteiger partial charge in [-0.3, -0.25) is 4.98 Å². The van der Waals surface area contributed by atoms with Crippen LogP contribution in [0.3, 0.4) is 0 Å². The lowest BCUT2D eigenvalue weighted by molar-refractivity contribution is 0.478. The molecule has 0 aliphatic carbocycles. The SMILES string of the molecule is Oc1ccccc1Nc1cccc2cccnc12. The van der Waals surface area contributed by atoms with Gasteiger partial charge in [0.1, 0.15) is 5.75 Å². The average Bonchev–Trinajstić information content (AvgIpc) is 2.42. The van der Waals surface area contributed by atoms with E-state index in [1.54, 1.807) is 18.3 Å². The number of benzene rings is 2. The number of pyridine rings is 1. The second kappa shape index (κ2) is 4.37. The highest BCUT2D eigenvalue weighted by molar-refractivity contribution is 5.92. The molecule has 0 unspecified atom stereocenters. The quantitative estimate of drug-likeness (QED) is 0.667. The normalized spacial score (nSPS) is 10.4. The number of para-hydroxylation sites is 3. The molecule has 1 aromatic heterocycles. The number of anilines is 2. The molecular formula is C15H12N2O. The van der Waals surface area contributed by atoms with E-state index in [0.717, 1.165) is 16.6 Å². The van der Waals surface area contributed by atoms with E-state index in [-0.39, 0.29) is 5.75 Å². The summed E-state index contributed by atoms with van der Waals surface area (Å²) in [7, 11) is 0. The van der Waals surface area contributed by atoms with Crippen molar-refractivity contribution >= 4 is 22.3 Å². The van der Waals surface area contributed by atoms with Crippen LogP contribution >= 0.6 is 0 Å². The molecule has 3 rings (SSSR count). The molecule has 0 spiro atoms. The van der Waals surface area contributed by atoms with Gasteiger partial charge in [-0.05, 0) is 24.3 Å². The van der Waals surface area contributed by atoms with Crippen molar-refractivity contribution in [2.75, 3.05) is 5.32 Å². The van der Waals surface area contributed by atoms with Crippen molar-refractivity contribution in [1.29, 1.82) is 0 Å². The molecule has 0 radical (unpaired) electrons. The number of rotatable bonds is 2. The maximum atomic E-state index is 9.76. The van der Waals surface area contributed by atoms with Crippen LogP contribution < -0.4 is 5.32 Å². The monoisotopic (exact) mass is 236 g/mol.